The van der Waals surface area contributed by atoms with Crippen molar-refractivity contribution >= 4 is 52.1 Å². The van der Waals surface area contributed by atoms with Gasteiger partial charge in [0.15, 0.2) is 6.33 Å². The van der Waals surface area contributed by atoms with Gasteiger partial charge in [0, 0.05) is 15.8 Å². The van der Waals surface area contributed by atoms with Crippen LogP contribution in [0.2, 0.25) is 10.0 Å². The molecule has 2 heterocycles. The Balaban J connectivity index is 1.90. The average molecular weight is 383 g/mol. The minimum atomic E-state index is 0.268. The van der Waals surface area contributed by atoms with E-state index in [2.05, 4.69) is 33.4 Å². The number of nitrogens with two attached hydrogens (primary N) is 1. The maximum Gasteiger partial charge on any atom is 0.308 e. The number of fused-ring (bicyclic) bond motifs is 1. The molecule has 0 bridgehead atoms. The first-order valence-electron chi connectivity index (χ1n) is 7.55. The fourth-order valence-electron chi connectivity index (χ4n) is 2.40. The number of nitrogens with zero attached hydrogens (tertiary/aromatic N) is 3. The van der Waals surface area contributed by atoms with Crippen molar-refractivity contribution in [1.82, 2.24) is 15.0 Å². The number of hydrogen-bond donors (Lipinski definition) is 2. The Morgan fingerprint density at radius 3 is 2.79 bits per heavy atom. The van der Waals surface area contributed by atoms with E-state index in [4.69, 9.17) is 28.9 Å². The molecular formula is C16H18Cl2N5S+. The van der Waals surface area contributed by atoms with Crippen molar-refractivity contribution < 1.29 is 4.57 Å². The van der Waals surface area contributed by atoms with Gasteiger partial charge in [0.1, 0.15) is 5.03 Å². The van der Waals surface area contributed by atoms with E-state index in [1.807, 2.05) is 18.5 Å². The zero-order valence-electron chi connectivity index (χ0n) is 13.4. The number of hydrogen-bond acceptors (Lipinski definition) is 4. The number of aromatic amines is 1. The van der Waals surface area contributed by atoms with E-state index in [-0.39, 0.29) is 5.95 Å². The van der Waals surface area contributed by atoms with Gasteiger partial charge in [-0.3, -0.25) is 4.98 Å². The van der Waals surface area contributed by atoms with Crippen molar-refractivity contribution in [3.8, 4) is 0 Å². The van der Waals surface area contributed by atoms with Gasteiger partial charge in [0.25, 0.3) is 5.95 Å². The molecule has 0 aliphatic carbocycles. The molecule has 0 aliphatic heterocycles. The van der Waals surface area contributed by atoms with E-state index >= 15 is 0 Å². The molecule has 24 heavy (non-hydrogen) atoms. The Morgan fingerprint density at radius 1 is 1.29 bits per heavy atom. The van der Waals surface area contributed by atoms with Crippen molar-refractivity contribution in [2.75, 3.05) is 5.73 Å². The summed E-state index contributed by atoms with van der Waals surface area (Å²) in [6.07, 6.45) is 1.91. The van der Waals surface area contributed by atoms with Crippen LogP contribution in [0.3, 0.4) is 0 Å². The Kier molecular flexibility index (Phi) is 5.18. The number of rotatable bonds is 5. The number of anilines is 1. The van der Waals surface area contributed by atoms with Crippen LogP contribution in [0.25, 0.3) is 11.2 Å². The molecule has 0 amide bonds. The molecule has 126 valence electrons. The summed E-state index contributed by atoms with van der Waals surface area (Å²) in [4.78, 5) is 12.0. The number of H-pyrrole nitrogens is 1. The number of thioether (sulfide) groups is 1. The van der Waals surface area contributed by atoms with E-state index in [9.17, 15) is 0 Å². The van der Waals surface area contributed by atoms with Gasteiger partial charge >= 0.3 is 5.65 Å². The predicted octanol–water partition coefficient (Wildman–Crippen LogP) is 4.08. The van der Waals surface area contributed by atoms with Crippen LogP contribution in [0.15, 0.2) is 29.6 Å². The first-order valence-corrected chi connectivity index (χ1v) is 9.29. The molecule has 0 fully saturated rings. The van der Waals surface area contributed by atoms with Crippen LogP contribution in [0.1, 0.15) is 19.4 Å². The predicted molar refractivity (Wildman–Crippen MR) is 99.4 cm³/mol. The number of imidazole rings is 1. The topological polar surface area (TPSA) is 71.5 Å². The van der Waals surface area contributed by atoms with Crippen molar-refractivity contribution in [1.29, 1.82) is 0 Å². The summed E-state index contributed by atoms with van der Waals surface area (Å²) in [5.74, 6) is 1.45. The molecule has 0 atom stereocenters. The Bertz CT molecular complexity index is 878. The smallest absolute Gasteiger partial charge is 0.308 e. The van der Waals surface area contributed by atoms with Crippen molar-refractivity contribution in [2.24, 2.45) is 5.92 Å². The van der Waals surface area contributed by atoms with Gasteiger partial charge in [-0.25, -0.2) is 4.57 Å². The van der Waals surface area contributed by atoms with Gasteiger partial charge in [0.2, 0.25) is 5.52 Å². The first-order chi connectivity index (χ1) is 11.4. The molecule has 0 radical (unpaired) electrons. The van der Waals surface area contributed by atoms with Crippen LogP contribution in [-0.4, -0.2) is 15.0 Å². The highest BCUT2D eigenvalue weighted by atomic mass is 35.5. The molecule has 8 heteroatoms. The summed E-state index contributed by atoms with van der Waals surface area (Å²) in [7, 11) is 0. The highest BCUT2D eigenvalue weighted by molar-refractivity contribution is 7.98. The summed E-state index contributed by atoms with van der Waals surface area (Å²) >= 11 is 13.7. The summed E-state index contributed by atoms with van der Waals surface area (Å²) in [5, 5.41) is 2.09. The van der Waals surface area contributed by atoms with E-state index in [1.165, 1.54) is 0 Å². The first kappa shape index (κ1) is 17.3. The second-order valence-electron chi connectivity index (χ2n) is 5.93. The molecule has 3 N–H and O–H groups in total. The molecule has 3 aromatic rings. The normalized spacial score (nSPS) is 11.5. The molecule has 0 unspecified atom stereocenters. The molecule has 5 nitrogen and oxygen atoms in total. The summed E-state index contributed by atoms with van der Waals surface area (Å²) in [6, 6.07) is 5.50. The van der Waals surface area contributed by atoms with Gasteiger partial charge in [0.05, 0.1) is 6.54 Å². The van der Waals surface area contributed by atoms with Gasteiger partial charge in [-0.05, 0) is 23.6 Å². The molecule has 0 saturated heterocycles. The second-order valence-corrected chi connectivity index (χ2v) is 7.74. The lowest BCUT2D eigenvalue weighted by Gasteiger charge is -2.05. The van der Waals surface area contributed by atoms with Crippen LogP contribution >= 0.6 is 35.0 Å². The Morgan fingerprint density at radius 2 is 2.08 bits per heavy atom. The fourth-order valence-corrected chi connectivity index (χ4v) is 3.96. The summed E-state index contributed by atoms with van der Waals surface area (Å²) in [5.41, 5.74) is 8.60. The Hall–Kier alpha value is -1.50. The highest BCUT2D eigenvalue weighted by Gasteiger charge is 2.19. The van der Waals surface area contributed by atoms with Crippen molar-refractivity contribution in [3.05, 3.63) is 40.1 Å². The molecule has 0 spiro atoms. The largest absolute Gasteiger partial charge is 0.354 e. The molecule has 0 aliphatic rings. The van der Waals surface area contributed by atoms with Crippen LogP contribution in [0.5, 0.6) is 0 Å². The lowest BCUT2D eigenvalue weighted by molar-refractivity contribution is -0.678. The number of aromatic nitrogens is 4. The van der Waals surface area contributed by atoms with Crippen molar-refractivity contribution in [3.63, 3.8) is 0 Å². The lowest BCUT2D eigenvalue weighted by atomic mass is 10.2. The highest BCUT2D eigenvalue weighted by Crippen LogP contribution is 2.30. The number of nitrogen functional groups attached to an aromatic ring is 1. The standard InChI is InChI=1S/C16H17Cl2N5S/c1-9(2)6-23-8-20-13-14(23)21-16(19)22-15(13)24-7-10-3-4-11(17)5-12(10)18/h3-5,8-9H,6-7H2,1-2H3,(H2,19,21,22)/p+1. The minimum Gasteiger partial charge on any atom is -0.354 e. The maximum absolute atomic E-state index is 6.24. The Labute approximate surface area is 154 Å². The lowest BCUT2D eigenvalue weighted by Crippen LogP contribution is -2.35. The van der Waals surface area contributed by atoms with E-state index in [0.717, 1.165) is 28.3 Å². The number of halogens is 2. The molecule has 1 aromatic carbocycles. The fraction of sp³-hybridized carbons (Fsp3) is 0.312. The van der Waals surface area contributed by atoms with E-state index in [0.29, 0.717) is 21.7 Å². The minimum absolute atomic E-state index is 0.268. The van der Waals surface area contributed by atoms with Gasteiger partial charge in [-0.15, -0.1) is 0 Å². The van der Waals surface area contributed by atoms with Crippen LogP contribution in [0, 0.1) is 5.92 Å². The number of nitrogens with one attached hydrogen (secondary N) is 1. The van der Waals surface area contributed by atoms with Gasteiger partial charge < -0.3 is 5.73 Å². The van der Waals surface area contributed by atoms with E-state index in [1.54, 1.807) is 17.8 Å². The second kappa shape index (κ2) is 7.17. The zero-order chi connectivity index (χ0) is 17.3. The van der Waals surface area contributed by atoms with Gasteiger partial charge in [-0.1, -0.05) is 59.9 Å². The monoisotopic (exact) mass is 382 g/mol. The van der Waals surface area contributed by atoms with Crippen LogP contribution in [-0.2, 0) is 12.3 Å². The quantitative estimate of drug-likeness (QED) is 0.396. The third-order valence-corrected chi connectivity index (χ3v) is 5.06. The molecule has 0 saturated carbocycles. The van der Waals surface area contributed by atoms with Crippen molar-refractivity contribution in [2.45, 2.75) is 31.2 Å². The molecular weight excluding hydrogens is 365 g/mol. The SMILES string of the molecule is CC(C)C[n+]1c[nH]c2c(SCc3ccc(Cl)cc3Cl)nc(N)nc21. The third kappa shape index (κ3) is 3.77. The maximum atomic E-state index is 6.24. The summed E-state index contributed by atoms with van der Waals surface area (Å²) < 4.78 is 2.07. The average Bonchev–Trinajstić information content (AvgIpc) is 2.88. The number of benzene rings is 1. The molecule has 2 aromatic heterocycles. The van der Waals surface area contributed by atoms with Crippen LogP contribution < -0.4 is 10.3 Å². The third-order valence-electron chi connectivity index (χ3n) is 3.45. The van der Waals surface area contributed by atoms with Gasteiger partial charge in [-0.2, -0.15) is 4.98 Å². The van der Waals surface area contributed by atoms with Crippen LogP contribution in [0.4, 0.5) is 5.95 Å². The molecule has 3 rings (SSSR count). The summed E-state index contributed by atoms with van der Waals surface area (Å²) in [6.45, 7) is 5.19. The van der Waals surface area contributed by atoms with E-state index < -0.39 is 0 Å². The zero-order valence-corrected chi connectivity index (χ0v) is 15.7.